The van der Waals surface area contributed by atoms with Gasteiger partial charge in [-0.05, 0) is 60.3 Å². The maximum Gasteiger partial charge on any atom is 0.264 e. The van der Waals surface area contributed by atoms with Crippen molar-refractivity contribution in [2.45, 2.75) is 31.7 Å². The first-order chi connectivity index (χ1) is 8.22. The molecule has 2 rings (SSSR count). The lowest BCUT2D eigenvalue weighted by Gasteiger charge is -2.35. The second-order valence-electron chi connectivity index (χ2n) is 4.33. The van der Waals surface area contributed by atoms with E-state index in [0.717, 1.165) is 34.5 Å². The molecule has 0 saturated carbocycles. The van der Waals surface area contributed by atoms with E-state index in [1.807, 2.05) is 17.0 Å². The van der Waals surface area contributed by atoms with Crippen LogP contribution >= 0.6 is 39.7 Å². The van der Waals surface area contributed by atoms with Gasteiger partial charge >= 0.3 is 0 Å². The number of likely N-dealkylation sites (tertiary alicyclic amines) is 1. The zero-order valence-electron chi connectivity index (χ0n) is 10.1. The summed E-state index contributed by atoms with van der Waals surface area (Å²) in [6.07, 6.45) is 4.33. The molecule has 1 aromatic heterocycles. The predicted octanol–water partition coefficient (Wildman–Crippen LogP) is 3.28. The number of amides is 1. The number of piperidine rings is 1. The molecule has 1 unspecified atom stereocenters. The number of halogens is 2. The first kappa shape index (κ1) is 16.0. The highest BCUT2D eigenvalue weighted by molar-refractivity contribution is 9.11. The minimum absolute atomic E-state index is 0. The van der Waals surface area contributed by atoms with Crippen LogP contribution in [0.4, 0.5) is 0 Å². The van der Waals surface area contributed by atoms with Gasteiger partial charge in [-0.25, -0.2) is 0 Å². The lowest BCUT2D eigenvalue weighted by atomic mass is 9.99. The molecule has 1 amide bonds. The van der Waals surface area contributed by atoms with Gasteiger partial charge in [0, 0.05) is 12.6 Å². The molecule has 1 fully saturated rings. The third-order valence-electron chi connectivity index (χ3n) is 3.17. The van der Waals surface area contributed by atoms with Crippen LogP contribution in [0.2, 0.25) is 0 Å². The Hall–Kier alpha value is -0.100. The van der Waals surface area contributed by atoms with Gasteiger partial charge in [0.1, 0.15) is 0 Å². The molecule has 0 aromatic carbocycles. The van der Waals surface area contributed by atoms with Crippen molar-refractivity contribution in [3.8, 4) is 0 Å². The lowest BCUT2D eigenvalue weighted by Crippen LogP contribution is -2.44. The summed E-state index contributed by atoms with van der Waals surface area (Å²) in [5.41, 5.74) is 5.62. The number of carbonyl (C=O) groups is 1. The first-order valence-corrected chi connectivity index (χ1v) is 7.59. The van der Waals surface area contributed by atoms with Crippen LogP contribution in [-0.4, -0.2) is 29.9 Å². The third kappa shape index (κ3) is 3.70. The highest BCUT2D eigenvalue weighted by atomic mass is 79.9. The Balaban J connectivity index is 0.00000162. The van der Waals surface area contributed by atoms with E-state index in [4.69, 9.17) is 5.73 Å². The van der Waals surface area contributed by atoms with Crippen molar-refractivity contribution in [3.63, 3.8) is 0 Å². The van der Waals surface area contributed by atoms with Crippen LogP contribution in [0, 0.1) is 0 Å². The smallest absolute Gasteiger partial charge is 0.264 e. The standard InChI is InChI=1S/C12H17BrN2OS.ClH/c13-11-5-4-10(17-11)12(16)15-8-2-1-3-9(15)6-7-14;/h4-5,9H,1-3,6-8,14H2;1H. The molecule has 1 atom stereocenters. The van der Waals surface area contributed by atoms with Gasteiger partial charge in [0.2, 0.25) is 0 Å². The molecule has 1 aromatic rings. The van der Waals surface area contributed by atoms with Gasteiger partial charge in [0.15, 0.2) is 0 Å². The number of hydrogen-bond acceptors (Lipinski definition) is 3. The summed E-state index contributed by atoms with van der Waals surface area (Å²) in [7, 11) is 0. The first-order valence-electron chi connectivity index (χ1n) is 5.98. The molecule has 0 bridgehead atoms. The minimum atomic E-state index is 0. The van der Waals surface area contributed by atoms with E-state index in [-0.39, 0.29) is 18.3 Å². The van der Waals surface area contributed by atoms with Crippen molar-refractivity contribution >= 4 is 45.6 Å². The van der Waals surface area contributed by atoms with Crippen LogP contribution in [0.25, 0.3) is 0 Å². The molecule has 1 saturated heterocycles. The SMILES string of the molecule is Cl.NCCC1CCCCN1C(=O)c1ccc(Br)s1. The van der Waals surface area contributed by atoms with Crippen LogP contribution in [-0.2, 0) is 0 Å². The Bertz CT molecular complexity index is 397. The van der Waals surface area contributed by atoms with E-state index < -0.39 is 0 Å². The summed E-state index contributed by atoms with van der Waals surface area (Å²) in [6.45, 7) is 1.53. The van der Waals surface area contributed by atoms with E-state index in [1.54, 1.807) is 0 Å². The number of rotatable bonds is 3. The molecular formula is C12H18BrClN2OS. The van der Waals surface area contributed by atoms with Crippen LogP contribution < -0.4 is 5.73 Å². The van der Waals surface area contributed by atoms with E-state index >= 15 is 0 Å². The van der Waals surface area contributed by atoms with Gasteiger partial charge in [-0.1, -0.05) is 0 Å². The fourth-order valence-corrected chi connectivity index (χ4v) is 3.67. The average Bonchev–Trinajstić information content (AvgIpc) is 2.76. The zero-order valence-corrected chi connectivity index (χ0v) is 13.3. The normalized spacial score (nSPS) is 19.4. The van der Waals surface area contributed by atoms with Crippen LogP contribution in [0.3, 0.4) is 0 Å². The molecule has 0 aliphatic carbocycles. The van der Waals surface area contributed by atoms with Crippen LogP contribution in [0.5, 0.6) is 0 Å². The molecule has 1 aliphatic heterocycles. The van der Waals surface area contributed by atoms with Crippen molar-refractivity contribution in [2.24, 2.45) is 5.73 Å². The summed E-state index contributed by atoms with van der Waals surface area (Å²) >= 11 is 4.90. The summed E-state index contributed by atoms with van der Waals surface area (Å²) in [5, 5.41) is 0. The number of nitrogens with two attached hydrogens (primary N) is 1. The van der Waals surface area contributed by atoms with Gasteiger partial charge in [-0.15, -0.1) is 23.7 Å². The third-order valence-corrected chi connectivity index (χ3v) is 4.78. The molecule has 1 aliphatic rings. The second-order valence-corrected chi connectivity index (χ2v) is 6.79. The molecule has 102 valence electrons. The highest BCUT2D eigenvalue weighted by Crippen LogP contribution is 2.27. The Kier molecular flexibility index (Phi) is 6.63. The maximum atomic E-state index is 12.4. The average molecular weight is 354 g/mol. The largest absolute Gasteiger partial charge is 0.335 e. The molecule has 3 nitrogen and oxygen atoms in total. The Morgan fingerprint density at radius 2 is 2.28 bits per heavy atom. The van der Waals surface area contributed by atoms with Crippen molar-refractivity contribution in [3.05, 3.63) is 20.8 Å². The molecular weight excluding hydrogens is 336 g/mol. The van der Waals surface area contributed by atoms with Crippen molar-refractivity contribution < 1.29 is 4.79 Å². The minimum Gasteiger partial charge on any atom is -0.335 e. The number of thiophene rings is 1. The molecule has 18 heavy (non-hydrogen) atoms. The van der Waals surface area contributed by atoms with Crippen LogP contribution in [0.1, 0.15) is 35.4 Å². The van der Waals surface area contributed by atoms with E-state index in [9.17, 15) is 4.79 Å². The molecule has 6 heteroatoms. The topological polar surface area (TPSA) is 46.3 Å². The summed E-state index contributed by atoms with van der Waals surface area (Å²) in [6, 6.07) is 4.16. The molecule has 0 radical (unpaired) electrons. The summed E-state index contributed by atoms with van der Waals surface area (Å²) in [5.74, 6) is 0.166. The van der Waals surface area contributed by atoms with E-state index in [2.05, 4.69) is 15.9 Å². The van der Waals surface area contributed by atoms with Gasteiger partial charge in [-0.3, -0.25) is 4.79 Å². The molecule has 2 N–H and O–H groups in total. The molecule has 2 heterocycles. The summed E-state index contributed by atoms with van der Waals surface area (Å²) in [4.78, 5) is 15.2. The van der Waals surface area contributed by atoms with Gasteiger partial charge < -0.3 is 10.6 Å². The fourth-order valence-electron chi connectivity index (χ4n) is 2.33. The van der Waals surface area contributed by atoms with Crippen molar-refractivity contribution in [2.75, 3.05) is 13.1 Å². The highest BCUT2D eigenvalue weighted by Gasteiger charge is 2.27. The second kappa shape index (κ2) is 7.48. The molecule has 0 spiro atoms. The van der Waals surface area contributed by atoms with E-state index in [0.29, 0.717) is 12.6 Å². The van der Waals surface area contributed by atoms with Gasteiger partial charge in [0.25, 0.3) is 5.91 Å². The Morgan fingerprint density at radius 1 is 1.50 bits per heavy atom. The lowest BCUT2D eigenvalue weighted by molar-refractivity contribution is 0.0610. The van der Waals surface area contributed by atoms with Crippen LogP contribution in [0.15, 0.2) is 15.9 Å². The van der Waals surface area contributed by atoms with Gasteiger partial charge in [-0.2, -0.15) is 0 Å². The maximum absolute atomic E-state index is 12.4. The quantitative estimate of drug-likeness (QED) is 0.906. The summed E-state index contributed by atoms with van der Waals surface area (Å²) < 4.78 is 1.01. The monoisotopic (exact) mass is 352 g/mol. The fraction of sp³-hybridized carbons (Fsp3) is 0.583. The van der Waals surface area contributed by atoms with E-state index in [1.165, 1.54) is 17.8 Å². The predicted molar refractivity (Wildman–Crippen MR) is 81.6 cm³/mol. The van der Waals surface area contributed by atoms with Crippen molar-refractivity contribution in [1.82, 2.24) is 4.90 Å². The van der Waals surface area contributed by atoms with Gasteiger partial charge in [0.05, 0.1) is 8.66 Å². The Morgan fingerprint density at radius 3 is 2.89 bits per heavy atom. The number of nitrogens with zero attached hydrogens (tertiary/aromatic N) is 1. The number of hydrogen-bond donors (Lipinski definition) is 1. The Labute approximate surface area is 126 Å². The number of carbonyl (C=O) groups excluding carboxylic acids is 1. The zero-order chi connectivity index (χ0) is 12.3. The van der Waals surface area contributed by atoms with Crippen molar-refractivity contribution in [1.29, 1.82) is 0 Å².